The van der Waals surface area contributed by atoms with Crippen molar-refractivity contribution >= 4 is 11.7 Å². The second kappa shape index (κ2) is 8.45. The molecule has 6 heteroatoms. The number of nitriles is 1. The quantitative estimate of drug-likeness (QED) is 0.913. The first-order valence-corrected chi connectivity index (χ1v) is 8.80. The van der Waals surface area contributed by atoms with Gasteiger partial charge in [-0.05, 0) is 24.1 Å². The van der Waals surface area contributed by atoms with Crippen molar-refractivity contribution in [2.24, 2.45) is 0 Å². The first-order valence-electron chi connectivity index (χ1n) is 8.80. The van der Waals surface area contributed by atoms with Crippen LogP contribution in [0.1, 0.15) is 30.1 Å². The Hall–Kier alpha value is -2.91. The van der Waals surface area contributed by atoms with Crippen LogP contribution in [0, 0.1) is 11.3 Å². The molecule has 6 nitrogen and oxygen atoms in total. The molecular weight excluding hydrogens is 328 g/mol. The topological polar surface area (TPSA) is 80.5 Å². The second-order valence-corrected chi connectivity index (χ2v) is 6.34. The number of benzene rings is 1. The Bertz CT molecular complexity index is 788. The molecule has 0 spiro atoms. The number of nitrogens with zero attached hydrogens (tertiary/aromatic N) is 4. The molecule has 1 saturated heterocycles. The molecule has 2 aromatic rings. The summed E-state index contributed by atoms with van der Waals surface area (Å²) < 4.78 is 0. The van der Waals surface area contributed by atoms with Crippen LogP contribution in [0.25, 0.3) is 0 Å². The van der Waals surface area contributed by atoms with Gasteiger partial charge in [-0.2, -0.15) is 5.26 Å². The van der Waals surface area contributed by atoms with E-state index in [0.29, 0.717) is 31.0 Å². The summed E-state index contributed by atoms with van der Waals surface area (Å²) in [4.78, 5) is 20.8. The zero-order valence-electron chi connectivity index (χ0n) is 14.6. The fraction of sp³-hybridized carbons (Fsp3) is 0.350. The largest absolute Gasteiger partial charge is 0.388 e. The lowest BCUT2D eigenvalue weighted by Crippen LogP contribution is -2.36. The van der Waals surface area contributed by atoms with Gasteiger partial charge in [0.1, 0.15) is 11.9 Å². The Balaban J connectivity index is 1.61. The molecule has 2 heterocycles. The van der Waals surface area contributed by atoms with Crippen LogP contribution in [0.3, 0.4) is 0 Å². The van der Waals surface area contributed by atoms with Crippen LogP contribution in [0.4, 0.5) is 5.82 Å². The van der Waals surface area contributed by atoms with Crippen molar-refractivity contribution in [3.05, 3.63) is 59.8 Å². The zero-order valence-corrected chi connectivity index (χ0v) is 14.6. The van der Waals surface area contributed by atoms with E-state index in [9.17, 15) is 15.2 Å². The normalized spacial score (nSPS) is 15.8. The molecule has 1 aromatic carbocycles. The van der Waals surface area contributed by atoms with Gasteiger partial charge in [0.25, 0.3) is 0 Å². The number of aliphatic hydroxyl groups excluding tert-OH is 1. The lowest BCUT2D eigenvalue weighted by Gasteiger charge is -2.24. The third kappa shape index (κ3) is 4.19. The molecule has 1 atom stereocenters. The zero-order chi connectivity index (χ0) is 18.4. The van der Waals surface area contributed by atoms with Gasteiger partial charge in [-0.15, -0.1) is 0 Å². The molecule has 0 bridgehead atoms. The maximum absolute atomic E-state index is 12.6. The summed E-state index contributed by atoms with van der Waals surface area (Å²) in [6.07, 6.45) is 1.77. The maximum Gasteiger partial charge on any atom is 0.225 e. The van der Waals surface area contributed by atoms with Gasteiger partial charge in [0.05, 0.1) is 18.1 Å². The van der Waals surface area contributed by atoms with Gasteiger partial charge >= 0.3 is 0 Å². The summed E-state index contributed by atoms with van der Waals surface area (Å²) in [6, 6.07) is 14.9. The predicted molar refractivity (Wildman–Crippen MR) is 98.4 cm³/mol. The van der Waals surface area contributed by atoms with Crippen molar-refractivity contribution in [2.75, 3.05) is 31.1 Å². The summed E-state index contributed by atoms with van der Waals surface area (Å²) in [7, 11) is 0. The van der Waals surface area contributed by atoms with Gasteiger partial charge < -0.3 is 14.9 Å². The Labute approximate surface area is 153 Å². The molecule has 1 unspecified atom stereocenters. The average Bonchev–Trinajstić information content (AvgIpc) is 2.95. The van der Waals surface area contributed by atoms with Crippen molar-refractivity contribution in [1.29, 1.82) is 5.26 Å². The molecular formula is C20H22N4O2. The molecule has 0 radical (unpaired) electrons. The molecule has 1 aliphatic heterocycles. The number of carbonyl (C=O) groups is 1. The van der Waals surface area contributed by atoms with Crippen LogP contribution < -0.4 is 4.90 Å². The monoisotopic (exact) mass is 350 g/mol. The third-order valence-corrected chi connectivity index (χ3v) is 4.61. The first kappa shape index (κ1) is 17.9. The molecule has 1 aliphatic rings. The summed E-state index contributed by atoms with van der Waals surface area (Å²) >= 11 is 0. The fourth-order valence-corrected chi connectivity index (χ4v) is 3.20. The summed E-state index contributed by atoms with van der Waals surface area (Å²) in [5, 5.41) is 19.5. The molecule has 1 fully saturated rings. The minimum absolute atomic E-state index is 0.0512. The van der Waals surface area contributed by atoms with Crippen LogP contribution >= 0.6 is 0 Å². The van der Waals surface area contributed by atoms with E-state index >= 15 is 0 Å². The third-order valence-electron chi connectivity index (χ3n) is 4.61. The molecule has 26 heavy (non-hydrogen) atoms. The Morgan fingerprint density at radius 2 is 1.96 bits per heavy atom. The first-order chi connectivity index (χ1) is 12.7. The van der Waals surface area contributed by atoms with Crippen molar-refractivity contribution < 1.29 is 9.90 Å². The number of anilines is 1. The van der Waals surface area contributed by atoms with Crippen molar-refractivity contribution in [1.82, 2.24) is 9.88 Å². The minimum Gasteiger partial charge on any atom is -0.388 e. The van der Waals surface area contributed by atoms with Crippen molar-refractivity contribution in [2.45, 2.75) is 18.9 Å². The van der Waals surface area contributed by atoms with Gasteiger partial charge in [-0.25, -0.2) is 4.98 Å². The number of aliphatic hydroxyl groups is 1. The maximum atomic E-state index is 12.6. The smallest absolute Gasteiger partial charge is 0.225 e. The number of rotatable bonds is 4. The second-order valence-electron chi connectivity index (χ2n) is 6.34. The van der Waals surface area contributed by atoms with E-state index in [1.54, 1.807) is 23.2 Å². The highest BCUT2D eigenvalue weighted by molar-refractivity contribution is 5.77. The van der Waals surface area contributed by atoms with Crippen molar-refractivity contribution in [3.63, 3.8) is 0 Å². The lowest BCUT2D eigenvalue weighted by molar-refractivity contribution is -0.133. The summed E-state index contributed by atoms with van der Waals surface area (Å²) in [5.74, 6) is 0.623. The number of pyridine rings is 1. The molecule has 1 N–H and O–H groups in total. The van der Waals surface area contributed by atoms with E-state index in [0.717, 1.165) is 18.5 Å². The fourth-order valence-electron chi connectivity index (χ4n) is 3.20. The highest BCUT2D eigenvalue weighted by Crippen LogP contribution is 2.20. The summed E-state index contributed by atoms with van der Waals surface area (Å²) in [6.45, 7) is 2.57. The number of carbonyl (C=O) groups excluding carboxylic acids is 1. The number of amides is 1. The Morgan fingerprint density at radius 3 is 2.73 bits per heavy atom. The molecule has 0 aliphatic carbocycles. The van der Waals surface area contributed by atoms with E-state index in [2.05, 4.69) is 16.0 Å². The van der Waals surface area contributed by atoms with E-state index in [-0.39, 0.29) is 12.3 Å². The van der Waals surface area contributed by atoms with E-state index in [4.69, 9.17) is 0 Å². The molecule has 134 valence electrons. The van der Waals surface area contributed by atoms with Gasteiger partial charge in [0, 0.05) is 32.4 Å². The van der Waals surface area contributed by atoms with E-state index in [1.807, 2.05) is 30.3 Å². The van der Waals surface area contributed by atoms with Gasteiger partial charge in [0.15, 0.2) is 0 Å². The van der Waals surface area contributed by atoms with Crippen LogP contribution in [-0.4, -0.2) is 47.1 Å². The highest BCUT2D eigenvalue weighted by Gasteiger charge is 2.23. The molecule has 3 rings (SSSR count). The van der Waals surface area contributed by atoms with Crippen LogP contribution in [0.2, 0.25) is 0 Å². The Kier molecular flexibility index (Phi) is 5.82. The highest BCUT2D eigenvalue weighted by atomic mass is 16.3. The van der Waals surface area contributed by atoms with Crippen molar-refractivity contribution in [3.8, 4) is 6.07 Å². The molecule has 1 amide bonds. The Morgan fingerprint density at radius 1 is 1.15 bits per heavy atom. The number of aromatic nitrogens is 1. The van der Waals surface area contributed by atoms with E-state index in [1.165, 1.54) is 0 Å². The van der Waals surface area contributed by atoms with Gasteiger partial charge in [0.2, 0.25) is 5.91 Å². The van der Waals surface area contributed by atoms with Crippen LogP contribution in [0.5, 0.6) is 0 Å². The van der Waals surface area contributed by atoms with Gasteiger partial charge in [-0.3, -0.25) is 4.79 Å². The van der Waals surface area contributed by atoms with Gasteiger partial charge in [-0.1, -0.05) is 30.3 Å². The minimum atomic E-state index is -0.788. The molecule has 1 aromatic heterocycles. The number of hydrogen-bond acceptors (Lipinski definition) is 5. The lowest BCUT2D eigenvalue weighted by atomic mass is 10.1. The average molecular weight is 350 g/mol. The van der Waals surface area contributed by atoms with E-state index < -0.39 is 6.10 Å². The van der Waals surface area contributed by atoms with Crippen LogP contribution in [-0.2, 0) is 4.79 Å². The summed E-state index contributed by atoms with van der Waals surface area (Å²) in [5.41, 5.74) is 1.30. The van der Waals surface area contributed by atoms with Crippen LogP contribution in [0.15, 0.2) is 48.7 Å². The molecule has 0 saturated carbocycles. The number of hydrogen-bond donors (Lipinski definition) is 1. The SMILES string of the molecule is N#Cc1cccnc1N1CCCN(C(=O)CC(O)c2ccccc2)CC1. The predicted octanol–water partition coefficient (Wildman–Crippen LogP) is 2.12. The standard InChI is InChI=1S/C20H22N4O2/c21-15-17-8-4-9-22-20(17)24-11-5-10-23(12-13-24)19(26)14-18(25)16-6-2-1-3-7-16/h1-4,6-9,18,25H,5,10-14H2.